The second kappa shape index (κ2) is 9.59. The molecular weight excluding hydrogens is 402 g/mol. The number of hydrogen-bond donors (Lipinski definition) is 2. The first-order valence-electron chi connectivity index (χ1n) is 10.4. The van der Waals surface area contributed by atoms with Crippen molar-refractivity contribution in [1.82, 2.24) is 4.90 Å². The van der Waals surface area contributed by atoms with Crippen LogP contribution in [-0.2, 0) is 22.4 Å². The number of carbonyl (C=O) groups excluding carboxylic acids is 2. The number of fused-ring (bicyclic) bond motifs is 1. The van der Waals surface area contributed by atoms with Crippen molar-refractivity contribution in [1.29, 1.82) is 0 Å². The van der Waals surface area contributed by atoms with E-state index in [2.05, 4.69) is 15.5 Å². The number of carbonyl (C=O) groups is 2. The molecule has 0 unspecified atom stereocenters. The molecule has 0 radical (unpaired) electrons. The van der Waals surface area contributed by atoms with Crippen molar-refractivity contribution in [3.63, 3.8) is 0 Å². The molecule has 4 rings (SSSR count). The van der Waals surface area contributed by atoms with Gasteiger partial charge in [0.25, 0.3) is 5.91 Å². The molecule has 1 aliphatic carbocycles. The van der Waals surface area contributed by atoms with Crippen molar-refractivity contribution >= 4 is 33.8 Å². The van der Waals surface area contributed by atoms with Crippen LogP contribution in [0.1, 0.15) is 34.1 Å². The molecule has 2 aliphatic rings. The van der Waals surface area contributed by atoms with Crippen molar-refractivity contribution in [2.45, 2.75) is 26.2 Å². The van der Waals surface area contributed by atoms with Gasteiger partial charge in [-0.2, -0.15) is 0 Å². The first-order chi connectivity index (χ1) is 14.7. The van der Waals surface area contributed by atoms with E-state index in [1.807, 2.05) is 31.2 Å². The topological polar surface area (TPSA) is 79.9 Å². The van der Waals surface area contributed by atoms with Gasteiger partial charge < -0.3 is 20.1 Å². The number of para-hydroxylation sites is 2. The number of thiophene rings is 1. The third-order valence-electron chi connectivity index (χ3n) is 5.31. The number of amides is 2. The highest BCUT2D eigenvalue weighted by Crippen LogP contribution is 2.40. The molecule has 1 aromatic heterocycles. The second-order valence-corrected chi connectivity index (χ2v) is 8.49. The molecule has 0 atom stereocenters. The molecule has 1 fully saturated rings. The van der Waals surface area contributed by atoms with Crippen LogP contribution < -0.4 is 15.4 Å². The smallest absolute Gasteiger partial charge is 0.259 e. The van der Waals surface area contributed by atoms with Gasteiger partial charge in [-0.25, -0.2) is 0 Å². The summed E-state index contributed by atoms with van der Waals surface area (Å²) in [5.41, 5.74) is 2.29. The summed E-state index contributed by atoms with van der Waals surface area (Å²) < 4.78 is 11.0. The molecule has 1 aromatic carbocycles. The number of anilines is 2. The van der Waals surface area contributed by atoms with E-state index in [1.165, 1.54) is 16.2 Å². The number of ether oxygens (including phenoxy) is 2. The summed E-state index contributed by atoms with van der Waals surface area (Å²) in [6, 6.07) is 7.40. The summed E-state index contributed by atoms with van der Waals surface area (Å²) in [7, 11) is 0. The van der Waals surface area contributed by atoms with E-state index in [1.54, 1.807) is 0 Å². The largest absolute Gasteiger partial charge is 0.492 e. The maximum Gasteiger partial charge on any atom is 0.259 e. The van der Waals surface area contributed by atoms with Crippen LogP contribution in [-0.4, -0.2) is 56.2 Å². The van der Waals surface area contributed by atoms with Crippen LogP contribution in [0, 0.1) is 0 Å². The molecule has 8 heteroatoms. The van der Waals surface area contributed by atoms with E-state index < -0.39 is 0 Å². The quantitative estimate of drug-likeness (QED) is 0.707. The summed E-state index contributed by atoms with van der Waals surface area (Å²) in [5, 5.41) is 6.63. The molecule has 2 N–H and O–H groups in total. The number of rotatable bonds is 7. The summed E-state index contributed by atoms with van der Waals surface area (Å²) in [4.78, 5) is 29.1. The predicted octanol–water partition coefficient (Wildman–Crippen LogP) is 3.16. The molecule has 0 spiro atoms. The van der Waals surface area contributed by atoms with Crippen molar-refractivity contribution in [3.05, 3.63) is 40.3 Å². The van der Waals surface area contributed by atoms with Gasteiger partial charge in [0.15, 0.2) is 0 Å². The molecule has 1 aliphatic heterocycles. The van der Waals surface area contributed by atoms with Crippen LogP contribution in [0.25, 0.3) is 0 Å². The average molecular weight is 430 g/mol. The lowest BCUT2D eigenvalue weighted by molar-refractivity contribution is -0.118. The van der Waals surface area contributed by atoms with Gasteiger partial charge in [0.1, 0.15) is 10.8 Å². The number of morpholine rings is 1. The van der Waals surface area contributed by atoms with E-state index >= 15 is 0 Å². The Morgan fingerprint density at radius 3 is 2.77 bits per heavy atom. The first kappa shape index (κ1) is 20.8. The number of aryl methyl sites for hydroxylation is 1. The number of nitrogens with zero attached hydrogens (tertiary/aromatic N) is 1. The fourth-order valence-corrected chi connectivity index (χ4v) is 5.20. The van der Waals surface area contributed by atoms with E-state index in [9.17, 15) is 9.59 Å². The zero-order valence-electron chi connectivity index (χ0n) is 17.2. The van der Waals surface area contributed by atoms with Crippen LogP contribution in [0.3, 0.4) is 0 Å². The Labute approximate surface area is 180 Å². The van der Waals surface area contributed by atoms with Crippen LogP contribution in [0.2, 0.25) is 0 Å². The number of nitrogens with one attached hydrogen (secondary N) is 2. The van der Waals surface area contributed by atoms with Gasteiger partial charge in [0, 0.05) is 18.0 Å². The monoisotopic (exact) mass is 429 g/mol. The summed E-state index contributed by atoms with van der Waals surface area (Å²) in [5.74, 6) is 0.335. The summed E-state index contributed by atoms with van der Waals surface area (Å²) in [6.07, 6.45) is 2.86. The van der Waals surface area contributed by atoms with E-state index in [0.717, 1.165) is 37.9 Å². The molecule has 1 saturated heterocycles. The number of benzene rings is 1. The molecule has 0 saturated carbocycles. The minimum Gasteiger partial charge on any atom is -0.492 e. The Hall–Kier alpha value is -2.42. The maximum atomic E-state index is 13.2. The molecule has 160 valence electrons. The molecule has 2 heterocycles. The van der Waals surface area contributed by atoms with E-state index in [-0.39, 0.29) is 11.8 Å². The minimum absolute atomic E-state index is 0.0967. The average Bonchev–Trinajstić information content (AvgIpc) is 3.31. The third kappa shape index (κ3) is 4.66. The van der Waals surface area contributed by atoms with Crippen LogP contribution in [0.4, 0.5) is 10.7 Å². The second-order valence-electron chi connectivity index (χ2n) is 7.38. The number of hydrogen-bond acceptors (Lipinski definition) is 6. The first-order valence-corrected chi connectivity index (χ1v) is 11.2. The lowest BCUT2D eigenvalue weighted by Gasteiger charge is -2.25. The third-order valence-corrected chi connectivity index (χ3v) is 6.51. The Morgan fingerprint density at radius 1 is 1.17 bits per heavy atom. The van der Waals surface area contributed by atoms with Crippen molar-refractivity contribution in [2.24, 2.45) is 0 Å². The predicted molar refractivity (Wildman–Crippen MR) is 118 cm³/mol. The van der Waals surface area contributed by atoms with E-state index in [0.29, 0.717) is 48.4 Å². The van der Waals surface area contributed by atoms with Gasteiger partial charge in [-0.05, 0) is 43.9 Å². The maximum absolute atomic E-state index is 13.2. The zero-order chi connectivity index (χ0) is 20.9. The Kier molecular flexibility index (Phi) is 6.66. The van der Waals surface area contributed by atoms with Gasteiger partial charge in [0.05, 0.1) is 37.6 Å². The molecule has 30 heavy (non-hydrogen) atoms. The van der Waals surface area contributed by atoms with Crippen molar-refractivity contribution in [3.8, 4) is 5.75 Å². The highest BCUT2D eigenvalue weighted by Gasteiger charge is 2.28. The van der Waals surface area contributed by atoms with Crippen LogP contribution in [0.5, 0.6) is 5.75 Å². The van der Waals surface area contributed by atoms with Crippen LogP contribution in [0.15, 0.2) is 24.3 Å². The Balaban J connectivity index is 1.52. The highest BCUT2D eigenvalue weighted by atomic mass is 32.1. The van der Waals surface area contributed by atoms with Crippen molar-refractivity contribution in [2.75, 3.05) is 50.1 Å². The van der Waals surface area contributed by atoms with E-state index in [4.69, 9.17) is 9.47 Å². The van der Waals surface area contributed by atoms with Crippen LogP contribution >= 0.6 is 11.3 Å². The van der Waals surface area contributed by atoms with Gasteiger partial charge >= 0.3 is 0 Å². The zero-order valence-corrected chi connectivity index (χ0v) is 18.0. The Morgan fingerprint density at radius 2 is 1.97 bits per heavy atom. The highest BCUT2D eigenvalue weighted by molar-refractivity contribution is 7.17. The SMILES string of the molecule is CCOc1ccccc1NC(=O)c1c(NC(=O)CN2CCOCC2)sc2c1CCC2. The summed E-state index contributed by atoms with van der Waals surface area (Å²) >= 11 is 1.53. The van der Waals surface area contributed by atoms with Gasteiger partial charge in [-0.1, -0.05) is 12.1 Å². The lowest BCUT2D eigenvalue weighted by Crippen LogP contribution is -2.41. The minimum atomic E-state index is -0.205. The standard InChI is InChI=1S/C22H27N3O4S/c1-2-29-17-8-4-3-7-16(17)23-21(27)20-15-6-5-9-18(15)30-22(20)24-19(26)14-25-10-12-28-13-11-25/h3-4,7-8H,2,5-6,9-14H2,1H3,(H,23,27)(H,24,26). The van der Waals surface area contributed by atoms with Crippen molar-refractivity contribution < 1.29 is 19.1 Å². The van der Waals surface area contributed by atoms with Gasteiger partial charge in [0.2, 0.25) is 5.91 Å². The van der Waals surface area contributed by atoms with Gasteiger partial charge in [-0.3, -0.25) is 14.5 Å². The molecule has 0 bridgehead atoms. The normalized spacial score (nSPS) is 16.2. The Bertz CT molecular complexity index is 921. The fraction of sp³-hybridized carbons (Fsp3) is 0.455. The fourth-order valence-electron chi connectivity index (χ4n) is 3.90. The summed E-state index contributed by atoms with van der Waals surface area (Å²) in [6.45, 7) is 5.52. The molecular formula is C22H27N3O4S. The lowest BCUT2D eigenvalue weighted by atomic mass is 10.1. The molecule has 2 aromatic rings. The van der Waals surface area contributed by atoms with Gasteiger partial charge in [-0.15, -0.1) is 11.3 Å². The molecule has 2 amide bonds. The molecule has 7 nitrogen and oxygen atoms in total.